The molecule has 0 spiro atoms. The third-order valence-electron chi connectivity index (χ3n) is 3.65. The number of fused-ring (bicyclic) bond motifs is 1. The second-order valence-corrected chi connectivity index (χ2v) is 5.22. The van der Waals surface area contributed by atoms with Crippen molar-refractivity contribution in [1.82, 2.24) is 25.1 Å². The lowest BCUT2D eigenvalue weighted by Gasteiger charge is -2.05. The average molecular weight is 297 g/mol. The Labute approximate surface area is 128 Å². The largest absolute Gasteiger partial charge is 0.361 e. The van der Waals surface area contributed by atoms with E-state index < -0.39 is 0 Å². The number of H-pyrrole nitrogens is 1. The highest BCUT2D eigenvalue weighted by molar-refractivity contribution is 5.83. The number of aryl methyl sites for hydroxylation is 2. The van der Waals surface area contributed by atoms with Crippen LogP contribution in [0.5, 0.6) is 0 Å². The van der Waals surface area contributed by atoms with Crippen molar-refractivity contribution in [2.45, 2.75) is 25.8 Å². The Balaban J connectivity index is 1.39. The molecule has 3 rings (SSSR count). The number of aromatic nitrogens is 4. The van der Waals surface area contributed by atoms with E-state index in [1.54, 1.807) is 11.0 Å². The lowest BCUT2D eigenvalue weighted by Crippen LogP contribution is -2.25. The van der Waals surface area contributed by atoms with Crippen LogP contribution < -0.4 is 5.32 Å². The Morgan fingerprint density at radius 3 is 3.09 bits per heavy atom. The Bertz CT molecular complexity index is 732. The Hall–Kier alpha value is -2.63. The fourth-order valence-corrected chi connectivity index (χ4v) is 2.50. The second-order valence-electron chi connectivity index (χ2n) is 5.22. The van der Waals surface area contributed by atoms with Gasteiger partial charge in [-0.15, -0.1) is 0 Å². The van der Waals surface area contributed by atoms with Crippen molar-refractivity contribution >= 4 is 16.8 Å². The molecule has 0 atom stereocenters. The van der Waals surface area contributed by atoms with Crippen molar-refractivity contribution in [3.8, 4) is 0 Å². The summed E-state index contributed by atoms with van der Waals surface area (Å²) in [4.78, 5) is 18.9. The number of nitrogens with one attached hydrogen (secondary N) is 2. The number of benzene rings is 1. The SMILES string of the molecule is O=C(CCn1cncn1)NCCCc1c[nH]c2ccccc12. The van der Waals surface area contributed by atoms with E-state index in [2.05, 4.69) is 38.7 Å². The molecule has 0 radical (unpaired) electrons. The maximum Gasteiger partial charge on any atom is 0.221 e. The van der Waals surface area contributed by atoms with Gasteiger partial charge < -0.3 is 10.3 Å². The molecule has 0 saturated carbocycles. The van der Waals surface area contributed by atoms with E-state index in [1.807, 2.05) is 12.1 Å². The van der Waals surface area contributed by atoms with Gasteiger partial charge in [-0.3, -0.25) is 9.48 Å². The van der Waals surface area contributed by atoms with E-state index in [1.165, 1.54) is 17.3 Å². The minimum Gasteiger partial charge on any atom is -0.361 e. The molecule has 0 bridgehead atoms. The summed E-state index contributed by atoms with van der Waals surface area (Å²) in [5.74, 6) is 0.0504. The normalized spacial score (nSPS) is 10.9. The van der Waals surface area contributed by atoms with Gasteiger partial charge in [0.25, 0.3) is 0 Å². The van der Waals surface area contributed by atoms with Gasteiger partial charge in [0, 0.05) is 30.1 Å². The highest BCUT2D eigenvalue weighted by Gasteiger charge is 2.04. The molecule has 0 aliphatic carbocycles. The van der Waals surface area contributed by atoms with Gasteiger partial charge in [-0.05, 0) is 24.5 Å². The number of rotatable bonds is 7. The molecule has 6 nitrogen and oxygen atoms in total. The van der Waals surface area contributed by atoms with Crippen LogP contribution in [0.2, 0.25) is 0 Å². The zero-order valence-electron chi connectivity index (χ0n) is 12.3. The fourth-order valence-electron chi connectivity index (χ4n) is 2.50. The maximum absolute atomic E-state index is 11.7. The summed E-state index contributed by atoms with van der Waals surface area (Å²) in [6.07, 6.45) is 7.45. The number of amides is 1. The Morgan fingerprint density at radius 2 is 2.23 bits per heavy atom. The number of hydrogen-bond donors (Lipinski definition) is 2. The lowest BCUT2D eigenvalue weighted by molar-refractivity contribution is -0.121. The van der Waals surface area contributed by atoms with E-state index in [9.17, 15) is 4.79 Å². The van der Waals surface area contributed by atoms with Gasteiger partial charge in [0.2, 0.25) is 5.91 Å². The predicted octanol–water partition coefficient (Wildman–Crippen LogP) is 1.90. The van der Waals surface area contributed by atoms with Gasteiger partial charge >= 0.3 is 0 Å². The first kappa shape index (κ1) is 14.3. The van der Waals surface area contributed by atoms with Crippen molar-refractivity contribution in [1.29, 1.82) is 0 Å². The number of hydrogen-bond acceptors (Lipinski definition) is 3. The first-order valence-electron chi connectivity index (χ1n) is 7.47. The van der Waals surface area contributed by atoms with Crippen molar-refractivity contribution in [3.05, 3.63) is 48.7 Å². The van der Waals surface area contributed by atoms with E-state index in [0.29, 0.717) is 19.5 Å². The second kappa shape index (κ2) is 6.89. The van der Waals surface area contributed by atoms with Gasteiger partial charge in [-0.2, -0.15) is 5.10 Å². The van der Waals surface area contributed by atoms with Gasteiger partial charge in [-0.25, -0.2) is 4.98 Å². The third-order valence-corrected chi connectivity index (χ3v) is 3.65. The van der Waals surface area contributed by atoms with E-state index in [4.69, 9.17) is 0 Å². The van der Waals surface area contributed by atoms with Gasteiger partial charge in [-0.1, -0.05) is 18.2 Å². The number of para-hydroxylation sites is 1. The summed E-state index contributed by atoms with van der Waals surface area (Å²) in [7, 11) is 0. The monoisotopic (exact) mass is 297 g/mol. The standard InChI is InChI=1S/C16H19N5O/c22-16(7-9-21-12-17-11-20-21)18-8-3-4-13-10-19-15-6-2-1-5-14(13)15/h1-2,5-6,10-12,19H,3-4,7-9H2,(H,18,22). The zero-order chi connectivity index (χ0) is 15.2. The van der Waals surface area contributed by atoms with E-state index >= 15 is 0 Å². The summed E-state index contributed by atoms with van der Waals surface area (Å²) in [6, 6.07) is 8.27. The highest BCUT2D eigenvalue weighted by Crippen LogP contribution is 2.18. The molecule has 2 aromatic heterocycles. The van der Waals surface area contributed by atoms with Crippen LogP contribution in [0.1, 0.15) is 18.4 Å². The maximum atomic E-state index is 11.7. The Kier molecular flexibility index (Phi) is 4.48. The van der Waals surface area contributed by atoms with Crippen LogP contribution in [0.15, 0.2) is 43.1 Å². The van der Waals surface area contributed by atoms with Crippen LogP contribution in [0.4, 0.5) is 0 Å². The first-order valence-corrected chi connectivity index (χ1v) is 7.47. The average Bonchev–Trinajstić information content (AvgIpc) is 3.19. The number of carbonyl (C=O) groups excluding carboxylic acids is 1. The molecule has 1 amide bonds. The molecule has 1 aromatic carbocycles. The molecular weight excluding hydrogens is 278 g/mol. The molecular formula is C16H19N5O. The van der Waals surface area contributed by atoms with E-state index in [-0.39, 0.29) is 5.91 Å². The first-order chi connectivity index (χ1) is 10.8. The van der Waals surface area contributed by atoms with Crippen molar-refractivity contribution in [2.75, 3.05) is 6.54 Å². The summed E-state index contributed by atoms with van der Waals surface area (Å²) >= 11 is 0. The summed E-state index contributed by atoms with van der Waals surface area (Å²) in [6.45, 7) is 1.25. The molecule has 0 unspecified atom stereocenters. The van der Waals surface area contributed by atoms with Crippen molar-refractivity contribution in [3.63, 3.8) is 0 Å². The molecule has 0 aliphatic rings. The van der Waals surface area contributed by atoms with Gasteiger partial charge in [0.1, 0.15) is 12.7 Å². The molecule has 2 N–H and O–H groups in total. The summed E-state index contributed by atoms with van der Waals surface area (Å²) < 4.78 is 1.66. The minimum absolute atomic E-state index is 0.0504. The highest BCUT2D eigenvalue weighted by atomic mass is 16.1. The molecule has 114 valence electrons. The molecule has 6 heteroatoms. The van der Waals surface area contributed by atoms with Gasteiger partial charge in [0.15, 0.2) is 0 Å². The summed E-state index contributed by atoms with van der Waals surface area (Å²) in [5.41, 5.74) is 2.46. The third kappa shape index (κ3) is 3.52. The number of nitrogens with zero attached hydrogens (tertiary/aromatic N) is 3. The van der Waals surface area contributed by atoms with Crippen LogP contribution in [0, 0.1) is 0 Å². The number of aromatic amines is 1. The minimum atomic E-state index is 0.0504. The summed E-state index contributed by atoms with van der Waals surface area (Å²) in [5, 5.41) is 8.18. The van der Waals surface area contributed by atoms with Crippen molar-refractivity contribution in [2.24, 2.45) is 0 Å². The molecule has 3 aromatic rings. The Morgan fingerprint density at radius 1 is 1.32 bits per heavy atom. The van der Waals surface area contributed by atoms with Crippen molar-refractivity contribution < 1.29 is 4.79 Å². The number of carbonyl (C=O) groups is 1. The zero-order valence-corrected chi connectivity index (χ0v) is 12.3. The fraction of sp³-hybridized carbons (Fsp3) is 0.312. The molecule has 2 heterocycles. The lowest BCUT2D eigenvalue weighted by atomic mass is 10.1. The van der Waals surface area contributed by atoms with E-state index in [0.717, 1.165) is 18.4 Å². The smallest absolute Gasteiger partial charge is 0.221 e. The van der Waals surface area contributed by atoms with Crippen LogP contribution in [0.3, 0.4) is 0 Å². The molecule has 22 heavy (non-hydrogen) atoms. The van der Waals surface area contributed by atoms with Crippen LogP contribution in [-0.4, -0.2) is 32.2 Å². The van der Waals surface area contributed by atoms with Crippen LogP contribution in [-0.2, 0) is 17.8 Å². The molecule has 0 fully saturated rings. The van der Waals surface area contributed by atoms with Crippen LogP contribution >= 0.6 is 0 Å². The van der Waals surface area contributed by atoms with Crippen LogP contribution in [0.25, 0.3) is 10.9 Å². The molecule has 0 aliphatic heterocycles. The topological polar surface area (TPSA) is 75.6 Å². The molecule has 0 saturated heterocycles. The quantitative estimate of drug-likeness (QED) is 0.654. The predicted molar refractivity (Wildman–Crippen MR) is 84.3 cm³/mol. The van der Waals surface area contributed by atoms with Gasteiger partial charge in [0.05, 0.1) is 6.54 Å².